The van der Waals surface area contributed by atoms with Gasteiger partial charge >= 0.3 is 53.7 Å². The van der Waals surface area contributed by atoms with Crippen molar-refractivity contribution in [1.29, 1.82) is 0 Å². The Labute approximate surface area is 234 Å². The summed E-state index contributed by atoms with van der Waals surface area (Å²) in [6, 6.07) is 3.08. The molecule has 0 aliphatic rings. The molecule has 0 unspecified atom stereocenters. The quantitative estimate of drug-likeness (QED) is 0.125. The molecule has 0 saturated carbocycles. The van der Waals surface area contributed by atoms with Gasteiger partial charge in [0, 0.05) is 6.42 Å². The minimum absolute atomic E-state index is 0.104. The molecule has 0 aliphatic carbocycles. The molecule has 4 nitrogen and oxygen atoms in total. The van der Waals surface area contributed by atoms with Gasteiger partial charge in [-0.1, -0.05) is 0 Å². The number of rotatable bonds is 12. The lowest BCUT2D eigenvalue weighted by molar-refractivity contribution is -0.461. The number of amides is 1. The molecule has 0 spiro atoms. The summed E-state index contributed by atoms with van der Waals surface area (Å²) in [6.07, 6.45) is -13.7. The number of ether oxygens (including phenoxy) is 1. The zero-order valence-corrected chi connectivity index (χ0v) is 21.9. The Morgan fingerprint density at radius 3 is 1.41 bits per heavy atom. The summed E-state index contributed by atoms with van der Waals surface area (Å²) in [5.74, 6) is -57.9. The largest absolute Gasteiger partial charge is 0.460 e. The SMILES string of the molecule is CC(C)(C)OC(=O)N(OCCCC(F)(F)C(F)(F)C(F)(F)C(F)(F)C(F)(F)C(F)(F)C(F)(F)C(F)(F)F)c1ccc(F)cc1. The van der Waals surface area contributed by atoms with Crippen LogP contribution in [-0.4, -0.2) is 65.9 Å². The van der Waals surface area contributed by atoms with Crippen LogP contribution in [0, 0.1) is 5.82 Å². The van der Waals surface area contributed by atoms with Crippen LogP contribution >= 0.6 is 0 Å². The normalized spacial score (nSPS) is 14.9. The summed E-state index contributed by atoms with van der Waals surface area (Å²) < 4.78 is 245. The summed E-state index contributed by atoms with van der Waals surface area (Å²) in [6.45, 7) is 2.50. The highest BCUT2D eigenvalue weighted by Gasteiger charge is 2.95. The molecule has 0 fully saturated rings. The third kappa shape index (κ3) is 6.87. The van der Waals surface area contributed by atoms with Crippen molar-refractivity contribution >= 4 is 11.8 Å². The number of benzene rings is 1. The molecule has 1 rings (SSSR count). The molecule has 0 bridgehead atoms. The van der Waals surface area contributed by atoms with E-state index in [2.05, 4.69) is 0 Å². The second-order valence-corrected chi connectivity index (χ2v) is 9.84. The lowest BCUT2D eigenvalue weighted by Gasteiger charge is -2.42. The van der Waals surface area contributed by atoms with Gasteiger partial charge in [0.25, 0.3) is 0 Å². The van der Waals surface area contributed by atoms with Gasteiger partial charge in [0.15, 0.2) is 0 Å². The van der Waals surface area contributed by atoms with Gasteiger partial charge in [0.2, 0.25) is 0 Å². The first-order valence-electron chi connectivity index (χ1n) is 11.4. The van der Waals surface area contributed by atoms with E-state index in [9.17, 15) is 83.8 Å². The van der Waals surface area contributed by atoms with Crippen molar-refractivity contribution in [2.45, 2.75) is 86.8 Å². The van der Waals surface area contributed by atoms with E-state index in [0.29, 0.717) is 0 Å². The second kappa shape index (κ2) is 11.8. The Bertz CT molecular complexity index is 1140. The van der Waals surface area contributed by atoms with E-state index in [1.807, 2.05) is 0 Å². The molecule has 0 saturated heterocycles. The molecule has 22 heteroatoms. The van der Waals surface area contributed by atoms with Crippen LogP contribution in [0.25, 0.3) is 0 Å². The number of alkyl halides is 17. The molecule has 0 atom stereocenters. The Morgan fingerprint density at radius 1 is 0.636 bits per heavy atom. The van der Waals surface area contributed by atoms with Crippen molar-refractivity contribution in [3.63, 3.8) is 0 Å². The maximum absolute atomic E-state index is 14.1. The van der Waals surface area contributed by atoms with Crippen LogP contribution in [0.3, 0.4) is 0 Å². The maximum Gasteiger partial charge on any atom is 0.460 e. The standard InChI is InChI=1S/C22H19F18NO3/c1-14(2,3)44-13(42)41(12-7-5-11(23)6-8-12)43-10-4-9-15(24,25)16(26,27)17(28,29)18(30,31)19(32,33)20(34,35)21(36,37)22(38,39)40/h5-8H,4,9-10H2,1-3H3. The number of hydroxylamine groups is 1. The molecule has 1 aromatic rings. The van der Waals surface area contributed by atoms with Crippen molar-refractivity contribution in [2.75, 3.05) is 11.7 Å². The highest BCUT2D eigenvalue weighted by Crippen LogP contribution is 2.64. The molecule has 0 aliphatic heterocycles. The van der Waals surface area contributed by atoms with Crippen LogP contribution < -0.4 is 5.06 Å². The Kier molecular flexibility index (Phi) is 10.6. The lowest BCUT2D eigenvalue weighted by atomic mass is 9.88. The number of nitrogens with zero attached hydrogens (tertiary/aromatic N) is 1. The number of halogens is 18. The van der Waals surface area contributed by atoms with E-state index in [0.717, 1.165) is 24.3 Å². The fourth-order valence-electron chi connectivity index (χ4n) is 2.92. The van der Waals surface area contributed by atoms with E-state index in [-0.39, 0.29) is 5.06 Å². The fraction of sp³-hybridized carbons (Fsp3) is 0.682. The first-order valence-corrected chi connectivity index (χ1v) is 11.4. The van der Waals surface area contributed by atoms with Gasteiger partial charge in [-0.05, 0) is 51.5 Å². The third-order valence-corrected chi connectivity index (χ3v) is 5.26. The summed E-state index contributed by atoms with van der Waals surface area (Å²) in [5, 5.41) is 0.104. The van der Waals surface area contributed by atoms with Gasteiger partial charge in [-0.3, -0.25) is 4.84 Å². The molecule has 256 valence electrons. The highest BCUT2D eigenvalue weighted by molar-refractivity contribution is 5.85. The molecule has 0 N–H and O–H groups in total. The molecule has 1 aromatic carbocycles. The van der Waals surface area contributed by atoms with Crippen molar-refractivity contribution < 1.29 is 93.4 Å². The van der Waals surface area contributed by atoms with Crippen LogP contribution in [0.15, 0.2) is 24.3 Å². The Hall–Kier alpha value is -2.81. The number of carbonyl (C=O) groups excluding carboxylic acids is 1. The molecule has 44 heavy (non-hydrogen) atoms. The van der Waals surface area contributed by atoms with E-state index >= 15 is 0 Å². The van der Waals surface area contributed by atoms with Gasteiger partial charge in [0.05, 0.1) is 12.3 Å². The maximum atomic E-state index is 14.1. The molecular formula is C22H19F18NO3. The van der Waals surface area contributed by atoms with Crippen LogP contribution in [0.4, 0.5) is 89.5 Å². The van der Waals surface area contributed by atoms with Gasteiger partial charge < -0.3 is 4.74 Å². The van der Waals surface area contributed by atoms with Gasteiger partial charge in [-0.25, -0.2) is 9.18 Å². The molecule has 1 amide bonds. The smallest absolute Gasteiger partial charge is 0.442 e. The van der Waals surface area contributed by atoms with Crippen LogP contribution in [-0.2, 0) is 9.57 Å². The Morgan fingerprint density at radius 2 is 1.02 bits per heavy atom. The van der Waals surface area contributed by atoms with Crippen molar-refractivity contribution in [3.8, 4) is 0 Å². The molecule has 0 aromatic heterocycles. The van der Waals surface area contributed by atoms with E-state index < -0.39 is 90.3 Å². The van der Waals surface area contributed by atoms with Gasteiger partial charge in [-0.2, -0.15) is 79.7 Å². The van der Waals surface area contributed by atoms with Gasteiger partial charge in [-0.15, -0.1) is 0 Å². The minimum atomic E-state index is -8.71. The van der Waals surface area contributed by atoms with Crippen molar-refractivity contribution in [2.24, 2.45) is 0 Å². The first-order chi connectivity index (χ1) is 19.2. The fourth-order valence-corrected chi connectivity index (χ4v) is 2.92. The van der Waals surface area contributed by atoms with Crippen LogP contribution in [0.1, 0.15) is 33.6 Å². The summed E-state index contributed by atoms with van der Waals surface area (Å²) >= 11 is 0. The predicted molar refractivity (Wildman–Crippen MR) is 111 cm³/mol. The summed E-state index contributed by atoms with van der Waals surface area (Å²) in [5.41, 5.74) is -1.70. The van der Waals surface area contributed by atoms with E-state index in [1.54, 1.807) is 0 Å². The number of anilines is 1. The topological polar surface area (TPSA) is 38.8 Å². The minimum Gasteiger partial charge on any atom is -0.442 e. The van der Waals surface area contributed by atoms with Gasteiger partial charge in [0.1, 0.15) is 11.4 Å². The zero-order valence-electron chi connectivity index (χ0n) is 21.9. The molecular weight excluding hydrogens is 668 g/mol. The average Bonchev–Trinajstić information content (AvgIpc) is 2.82. The van der Waals surface area contributed by atoms with Crippen molar-refractivity contribution in [3.05, 3.63) is 30.1 Å². The first kappa shape index (κ1) is 39.2. The molecule has 0 heterocycles. The zero-order chi connectivity index (χ0) is 35.2. The third-order valence-electron chi connectivity index (χ3n) is 5.26. The van der Waals surface area contributed by atoms with Crippen LogP contribution in [0.2, 0.25) is 0 Å². The van der Waals surface area contributed by atoms with Crippen molar-refractivity contribution in [1.82, 2.24) is 0 Å². The number of hydrogen-bond donors (Lipinski definition) is 0. The van der Waals surface area contributed by atoms with Crippen LogP contribution in [0.5, 0.6) is 0 Å². The summed E-state index contributed by atoms with van der Waals surface area (Å²) in [7, 11) is 0. The highest BCUT2D eigenvalue weighted by atomic mass is 19.4. The van der Waals surface area contributed by atoms with E-state index in [1.165, 1.54) is 20.8 Å². The number of carbonyl (C=O) groups is 1. The Balaban J connectivity index is 3.28. The number of hydrogen-bond acceptors (Lipinski definition) is 3. The monoisotopic (exact) mass is 687 g/mol. The average molecular weight is 687 g/mol. The lowest BCUT2D eigenvalue weighted by Crippen LogP contribution is -2.74. The summed E-state index contributed by atoms with van der Waals surface area (Å²) in [4.78, 5) is 17.0. The molecule has 0 radical (unpaired) electrons. The predicted octanol–water partition coefficient (Wildman–Crippen LogP) is 9.29. The second-order valence-electron chi connectivity index (χ2n) is 9.84. The van der Waals surface area contributed by atoms with E-state index in [4.69, 9.17) is 9.57 Å².